The van der Waals surface area contributed by atoms with Gasteiger partial charge in [-0.15, -0.1) is 0 Å². The molecule has 0 aromatic heterocycles. The summed E-state index contributed by atoms with van der Waals surface area (Å²) in [5, 5.41) is 18.1. The summed E-state index contributed by atoms with van der Waals surface area (Å²) in [5.41, 5.74) is 11.6. The molecule has 6 heteroatoms. The molecule has 0 fully saturated rings. The molecular formula is C43H30N2O4. The Morgan fingerprint density at radius 2 is 0.796 bits per heavy atom. The number of esters is 2. The first-order chi connectivity index (χ1) is 23.8. The Labute approximate surface area is 285 Å². The van der Waals surface area contributed by atoms with Crippen LogP contribution in [0.4, 0.5) is 0 Å². The van der Waals surface area contributed by atoms with Crippen molar-refractivity contribution in [2.24, 2.45) is 0 Å². The number of carbonyl (C=O) groups excluding carboxylic acids is 2. The second-order valence-electron chi connectivity index (χ2n) is 11.6. The first-order valence-electron chi connectivity index (χ1n) is 15.6. The molecule has 6 rings (SSSR count). The van der Waals surface area contributed by atoms with E-state index in [9.17, 15) is 9.59 Å². The van der Waals surface area contributed by atoms with Crippen LogP contribution in [0.3, 0.4) is 0 Å². The van der Waals surface area contributed by atoms with Crippen molar-refractivity contribution in [3.05, 3.63) is 156 Å². The van der Waals surface area contributed by atoms with Crippen LogP contribution >= 0.6 is 0 Å². The van der Waals surface area contributed by atoms with Crippen LogP contribution in [0.2, 0.25) is 0 Å². The van der Waals surface area contributed by atoms with Gasteiger partial charge >= 0.3 is 11.9 Å². The van der Waals surface area contributed by atoms with Crippen molar-refractivity contribution < 1.29 is 19.1 Å². The Morgan fingerprint density at radius 1 is 0.469 bits per heavy atom. The van der Waals surface area contributed by atoms with E-state index >= 15 is 0 Å². The molecule has 0 aliphatic heterocycles. The van der Waals surface area contributed by atoms with Gasteiger partial charge in [0.1, 0.15) is 17.9 Å². The summed E-state index contributed by atoms with van der Waals surface area (Å²) in [5.74, 6) is -0.765. The van der Waals surface area contributed by atoms with Crippen molar-refractivity contribution in [1.29, 1.82) is 10.5 Å². The molecule has 49 heavy (non-hydrogen) atoms. The molecule has 236 valence electrons. The monoisotopic (exact) mass is 638 g/mol. The lowest BCUT2D eigenvalue weighted by Crippen LogP contribution is -2.18. The molecule has 0 saturated heterocycles. The largest absolute Gasteiger partial charge is 0.426 e. The van der Waals surface area contributed by atoms with Crippen molar-refractivity contribution >= 4 is 11.9 Å². The van der Waals surface area contributed by atoms with Crippen LogP contribution in [0.15, 0.2) is 133 Å². The van der Waals surface area contributed by atoms with E-state index in [1.54, 1.807) is 24.3 Å². The smallest absolute Gasteiger partial charge is 0.322 e. The zero-order valence-electron chi connectivity index (χ0n) is 26.9. The minimum atomic E-state index is -0.713. The van der Waals surface area contributed by atoms with Crippen LogP contribution in [0.1, 0.15) is 28.7 Å². The molecule has 6 aromatic rings. The third kappa shape index (κ3) is 7.63. The van der Waals surface area contributed by atoms with Gasteiger partial charge in [0, 0.05) is 0 Å². The third-order valence-electron chi connectivity index (χ3n) is 8.23. The Hall–Kier alpha value is -6.76. The van der Waals surface area contributed by atoms with Gasteiger partial charge in [-0.1, -0.05) is 84.9 Å². The average molecular weight is 639 g/mol. The number of nitrogens with zero attached hydrogens (tertiary/aromatic N) is 2. The molecule has 0 saturated carbocycles. The minimum Gasteiger partial charge on any atom is -0.426 e. The number of aryl methyl sites for hydroxylation is 2. The van der Waals surface area contributed by atoms with Gasteiger partial charge in [0.05, 0.1) is 23.3 Å². The predicted octanol–water partition coefficient (Wildman–Crippen LogP) is 9.62. The maximum absolute atomic E-state index is 12.5. The fourth-order valence-electron chi connectivity index (χ4n) is 5.67. The zero-order valence-corrected chi connectivity index (χ0v) is 26.9. The van der Waals surface area contributed by atoms with Crippen molar-refractivity contribution in [2.45, 2.75) is 20.3 Å². The van der Waals surface area contributed by atoms with E-state index in [-0.39, 0.29) is 0 Å². The van der Waals surface area contributed by atoms with Gasteiger partial charge in [-0.3, -0.25) is 9.59 Å². The number of nitriles is 2. The van der Waals surface area contributed by atoms with Crippen molar-refractivity contribution in [3.63, 3.8) is 0 Å². The van der Waals surface area contributed by atoms with Gasteiger partial charge in [-0.25, -0.2) is 0 Å². The van der Waals surface area contributed by atoms with Crippen LogP contribution < -0.4 is 9.47 Å². The van der Waals surface area contributed by atoms with Crippen molar-refractivity contribution in [3.8, 4) is 68.1 Å². The van der Waals surface area contributed by atoms with E-state index in [1.807, 2.05) is 98.8 Å². The number of carbonyl (C=O) groups is 2. The Morgan fingerprint density at radius 3 is 1.12 bits per heavy atom. The Kier molecular flexibility index (Phi) is 9.42. The van der Waals surface area contributed by atoms with Crippen LogP contribution in [0.25, 0.3) is 44.5 Å². The first-order valence-corrected chi connectivity index (χ1v) is 15.6. The SMILES string of the molecule is Cc1cc(-c2ccc(OC(=O)CC(=O)Oc3ccc(-c4ccc(-c5ccc(C#N)cc5)c(C)c4)cc3)cc2)ccc1-c1ccc(C#N)cc1. The maximum atomic E-state index is 12.5. The van der Waals surface area contributed by atoms with Gasteiger partial charge in [0.15, 0.2) is 0 Å². The van der Waals surface area contributed by atoms with E-state index in [4.69, 9.17) is 20.0 Å². The summed E-state index contributed by atoms with van der Waals surface area (Å²) >= 11 is 0. The minimum absolute atomic E-state index is 0.331. The highest BCUT2D eigenvalue weighted by Gasteiger charge is 2.15. The van der Waals surface area contributed by atoms with Crippen LogP contribution in [-0.2, 0) is 9.59 Å². The summed E-state index contributed by atoms with van der Waals surface area (Å²) in [7, 11) is 0. The summed E-state index contributed by atoms with van der Waals surface area (Å²) in [6.07, 6.45) is -0.532. The van der Waals surface area contributed by atoms with Crippen LogP contribution in [0, 0.1) is 36.5 Å². The number of hydrogen-bond acceptors (Lipinski definition) is 6. The van der Waals surface area contributed by atoms with Crippen LogP contribution in [-0.4, -0.2) is 11.9 Å². The fraction of sp³-hybridized carbons (Fsp3) is 0.0698. The summed E-state index contributed by atoms with van der Waals surface area (Å²) in [6.45, 7) is 4.08. The van der Waals surface area contributed by atoms with Crippen molar-refractivity contribution in [2.75, 3.05) is 0 Å². The summed E-state index contributed by atoms with van der Waals surface area (Å²) in [4.78, 5) is 25.0. The van der Waals surface area contributed by atoms with Gasteiger partial charge in [0.2, 0.25) is 0 Å². The second kappa shape index (κ2) is 14.3. The standard InChI is InChI=1S/C43H30N2O4/c1-28-23-36(15-21-40(28)34-7-3-30(26-44)4-8-34)32-11-17-38(18-12-32)48-42(46)25-43(47)49-39-19-13-33(14-20-39)37-16-22-41(29(2)24-37)35-9-5-31(27-45)6-10-35/h3-24H,25H2,1-2H3. The third-order valence-corrected chi connectivity index (χ3v) is 8.23. The average Bonchev–Trinajstić information content (AvgIpc) is 3.12. The van der Waals surface area contributed by atoms with Gasteiger partial charge in [0.25, 0.3) is 0 Å². The molecule has 0 amide bonds. The molecule has 0 atom stereocenters. The lowest BCUT2D eigenvalue weighted by Gasteiger charge is -2.11. The topological polar surface area (TPSA) is 100 Å². The molecule has 0 N–H and O–H groups in total. The Bertz CT molecular complexity index is 2080. The lowest BCUT2D eigenvalue weighted by molar-refractivity contribution is -0.144. The Balaban J connectivity index is 1.02. The molecule has 0 bridgehead atoms. The number of benzene rings is 6. The lowest BCUT2D eigenvalue weighted by atomic mass is 9.95. The molecule has 0 aliphatic carbocycles. The predicted molar refractivity (Wildman–Crippen MR) is 189 cm³/mol. The highest BCUT2D eigenvalue weighted by atomic mass is 16.6. The summed E-state index contributed by atoms with van der Waals surface area (Å²) < 4.78 is 10.8. The number of rotatable bonds is 8. The highest BCUT2D eigenvalue weighted by molar-refractivity contribution is 5.93. The molecule has 0 aliphatic rings. The van der Waals surface area contributed by atoms with E-state index in [0.717, 1.165) is 55.6 Å². The quantitative estimate of drug-likeness (QED) is 0.0935. The van der Waals surface area contributed by atoms with Crippen LogP contribution in [0.5, 0.6) is 11.5 Å². The fourth-order valence-corrected chi connectivity index (χ4v) is 5.67. The van der Waals surface area contributed by atoms with Gasteiger partial charge < -0.3 is 9.47 Å². The molecule has 0 spiro atoms. The summed E-state index contributed by atoms with van der Waals surface area (Å²) in [6, 6.07) is 45.9. The van der Waals surface area contributed by atoms with Crippen molar-refractivity contribution in [1.82, 2.24) is 0 Å². The molecule has 0 heterocycles. The first kappa shape index (κ1) is 32.2. The number of hydrogen-bond donors (Lipinski definition) is 0. The normalized spacial score (nSPS) is 10.4. The van der Waals surface area contributed by atoms with E-state index in [1.165, 1.54) is 0 Å². The number of ether oxygens (including phenoxy) is 2. The highest BCUT2D eigenvalue weighted by Crippen LogP contribution is 2.31. The zero-order chi connectivity index (χ0) is 34.3. The molecule has 6 aromatic carbocycles. The molecule has 0 unspecified atom stereocenters. The van der Waals surface area contributed by atoms with Gasteiger partial charge in [-0.2, -0.15) is 10.5 Å². The van der Waals surface area contributed by atoms with E-state index in [2.05, 4.69) is 36.4 Å². The van der Waals surface area contributed by atoms with Gasteiger partial charge in [-0.05, 0) is 118 Å². The molecule has 6 nitrogen and oxygen atoms in total. The van der Waals surface area contributed by atoms with E-state index < -0.39 is 18.4 Å². The molecular weight excluding hydrogens is 608 g/mol. The second-order valence-corrected chi connectivity index (χ2v) is 11.6. The van der Waals surface area contributed by atoms with E-state index in [0.29, 0.717) is 22.6 Å². The maximum Gasteiger partial charge on any atom is 0.322 e. The molecule has 0 radical (unpaired) electrons.